The first-order chi connectivity index (χ1) is 18.3. The van der Waals surface area contributed by atoms with Crippen LogP contribution in [0.2, 0.25) is 0 Å². The molecule has 0 aromatic carbocycles. The van der Waals surface area contributed by atoms with Crippen LogP contribution in [0.25, 0.3) is 0 Å². The topological polar surface area (TPSA) is 85.4 Å². The molecule has 2 aromatic rings. The largest absolute Gasteiger partial charge is 0.356 e. The molecule has 1 amide bonds. The van der Waals surface area contributed by atoms with Crippen LogP contribution in [0.1, 0.15) is 62.7 Å². The smallest absolute Gasteiger partial charge is 0.224 e. The maximum Gasteiger partial charge on any atom is 0.224 e. The molecule has 3 aliphatic rings. The standard InChI is InChI=1S/C28H43N7OS.3ClH/c36-27(22-9-13-29-14-10-22)30-15-11-25-24(8-5-19-35(25)21-23-7-6-20-37-23)32-28-31-16-12-26(33-28)34-17-3-1-2-4-18-34;;;/h6-7,12,16,20,22,24-25,29H,1-5,8-11,13-15,17-19,21H2,(H,30,36)(H,31,32,33);3*1H. The van der Waals surface area contributed by atoms with Crippen molar-refractivity contribution in [2.45, 2.75) is 76.4 Å². The summed E-state index contributed by atoms with van der Waals surface area (Å²) in [5, 5.41) is 12.5. The van der Waals surface area contributed by atoms with E-state index in [4.69, 9.17) is 4.98 Å². The fraction of sp³-hybridized carbons (Fsp3) is 0.679. The lowest BCUT2D eigenvalue weighted by Gasteiger charge is -2.42. The quantitative estimate of drug-likeness (QED) is 0.353. The maximum absolute atomic E-state index is 12.8. The Kier molecular flexibility index (Phi) is 15.9. The summed E-state index contributed by atoms with van der Waals surface area (Å²) >= 11 is 1.82. The highest BCUT2D eigenvalue weighted by Crippen LogP contribution is 2.27. The van der Waals surface area contributed by atoms with Gasteiger partial charge in [-0.05, 0) is 82.1 Å². The first-order valence-corrected chi connectivity index (χ1v) is 15.2. The number of halogens is 3. The summed E-state index contributed by atoms with van der Waals surface area (Å²) in [5.41, 5.74) is 0. The molecule has 0 spiro atoms. The summed E-state index contributed by atoms with van der Waals surface area (Å²) in [4.78, 5) is 28.7. The molecule has 5 heterocycles. The van der Waals surface area contributed by atoms with E-state index in [2.05, 4.69) is 48.2 Å². The molecule has 0 saturated carbocycles. The fourth-order valence-corrected chi connectivity index (χ4v) is 6.84. The van der Waals surface area contributed by atoms with E-state index in [1.54, 1.807) is 0 Å². The second-order valence-corrected chi connectivity index (χ2v) is 11.8. The number of hydrogen-bond acceptors (Lipinski definition) is 8. The fourth-order valence-electron chi connectivity index (χ4n) is 6.11. The summed E-state index contributed by atoms with van der Waals surface area (Å²) < 4.78 is 0. The number of likely N-dealkylation sites (tertiary alicyclic amines) is 1. The van der Waals surface area contributed by atoms with E-state index in [1.807, 2.05) is 23.6 Å². The Morgan fingerprint density at radius 3 is 2.50 bits per heavy atom. The number of rotatable bonds is 9. The zero-order chi connectivity index (χ0) is 25.3. The minimum absolute atomic E-state index is 0. The van der Waals surface area contributed by atoms with Gasteiger partial charge in [-0.25, -0.2) is 4.98 Å². The first-order valence-electron chi connectivity index (χ1n) is 14.4. The molecule has 2 aromatic heterocycles. The first kappa shape index (κ1) is 34.8. The van der Waals surface area contributed by atoms with Crippen LogP contribution in [-0.4, -0.2) is 72.1 Å². The number of amides is 1. The Morgan fingerprint density at radius 2 is 1.77 bits per heavy atom. The van der Waals surface area contributed by atoms with Crippen LogP contribution in [0.15, 0.2) is 29.8 Å². The van der Waals surface area contributed by atoms with E-state index in [0.717, 1.165) is 83.1 Å². The number of carbonyl (C=O) groups excluding carboxylic acids is 1. The van der Waals surface area contributed by atoms with Crippen molar-refractivity contribution in [1.29, 1.82) is 0 Å². The molecule has 2 atom stereocenters. The Bertz CT molecular complexity index is 973. The molecule has 0 aliphatic carbocycles. The number of anilines is 2. The molecule has 3 N–H and O–H groups in total. The van der Waals surface area contributed by atoms with Crippen LogP contribution >= 0.6 is 48.6 Å². The molecule has 3 aliphatic heterocycles. The van der Waals surface area contributed by atoms with E-state index < -0.39 is 0 Å². The van der Waals surface area contributed by atoms with Crippen LogP contribution in [0, 0.1) is 5.92 Å². The molecule has 0 radical (unpaired) electrons. The predicted octanol–water partition coefficient (Wildman–Crippen LogP) is 5.13. The van der Waals surface area contributed by atoms with Crippen molar-refractivity contribution in [1.82, 2.24) is 25.5 Å². The van der Waals surface area contributed by atoms with Gasteiger partial charge in [0.2, 0.25) is 11.9 Å². The minimum atomic E-state index is 0. The lowest BCUT2D eigenvalue weighted by molar-refractivity contribution is -0.125. The van der Waals surface area contributed by atoms with Crippen LogP contribution in [-0.2, 0) is 11.3 Å². The summed E-state index contributed by atoms with van der Waals surface area (Å²) in [7, 11) is 0. The molecule has 12 heteroatoms. The third-order valence-corrected chi connectivity index (χ3v) is 9.03. The van der Waals surface area contributed by atoms with Gasteiger partial charge in [0.25, 0.3) is 0 Å². The van der Waals surface area contributed by atoms with E-state index >= 15 is 0 Å². The number of nitrogens with one attached hydrogen (secondary N) is 3. The maximum atomic E-state index is 12.8. The van der Waals surface area contributed by atoms with Gasteiger partial charge in [0.05, 0.1) is 0 Å². The minimum Gasteiger partial charge on any atom is -0.356 e. The second kappa shape index (κ2) is 18.2. The van der Waals surface area contributed by atoms with E-state index in [9.17, 15) is 4.79 Å². The van der Waals surface area contributed by atoms with Crippen molar-refractivity contribution < 1.29 is 4.79 Å². The lowest BCUT2D eigenvalue weighted by atomic mass is 9.93. The van der Waals surface area contributed by atoms with Crippen LogP contribution in [0.5, 0.6) is 0 Å². The monoisotopic (exact) mass is 633 g/mol. The predicted molar refractivity (Wildman–Crippen MR) is 173 cm³/mol. The summed E-state index contributed by atoms with van der Waals surface area (Å²) in [6.07, 6.45) is 12.0. The Balaban J connectivity index is 0.00000187. The molecule has 226 valence electrons. The highest BCUT2D eigenvalue weighted by atomic mass is 35.5. The number of thiophene rings is 1. The molecule has 5 rings (SSSR count). The molecule has 2 unspecified atom stereocenters. The van der Waals surface area contributed by atoms with Crippen molar-refractivity contribution in [3.8, 4) is 0 Å². The highest BCUT2D eigenvalue weighted by molar-refractivity contribution is 7.09. The average Bonchev–Trinajstić information content (AvgIpc) is 3.29. The molecular weight excluding hydrogens is 589 g/mol. The molecule has 3 fully saturated rings. The van der Waals surface area contributed by atoms with Gasteiger partial charge >= 0.3 is 0 Å². The van der Waals surface area contributed by atoms with Gasteiger partial charge in [-0.1, -0.05) is 18.9 Å². The SMILES string of the molecule is Cl.Cl.Cl.O=C(NCCC1C(Nc2nccc(N3CCCCCC3)n2)CCCN1Cc1cccs1)C1CCNCC1. The van der Waals surface area contributed by atoms with Crippen molar-refractivity contribution in [3.63, 3.8) is 0 Å². The normalized spacial score (nSPS) is 22.1. The van der Waals surface area contributed by atoms with E-state index in [-0.39, 0.29) is 55.1 Å². The number of nitrogens with zero attached hydrogens (tertiary/aromatic N) is 4. The number of hydrogen-bond donors (Lipinski definition) is 3. The molecule has 3 saturated heterocycles. The van der Waals surface area contributed by atoms with Crippen molar-refractivity contribution in [2.24, 2.45) is 5.92 Å². The third kappa shape index (κ3) is 9.88. The van der Waals surface area contributed by atoms with Crippen molar-refractivity contribution >= 4 is 66.2 Å². The van der Waals surface area contributed by atoms with Gasteiger partial charge in [-0.15, -0.1) is 48.6 Å². The third-order valence-electron chi connectivity index (χ3n) is 8.17. The summed E-state index contributed by atoms with van der Waals surface area (Å²) in [5.74, 6) is 2.14. The Hall–Kier alpha value is -1.36. The van der Waals surface area contributed by atoms with Gasteiger partial charge in [0.1, 0.15) is 5.82 Å². The van der Waals surface area contributed by atoms with E-state index in [1.165, 1.54) is 30.6 Å². The van der Waals surface area contributed by atoms with Gasteiger partial charge in [-0.2, -0.15) is 4.98 Å². The van der Waals surface area contributed by atoms with Crippen molar-refractivity contribution in [2.75, 3.05) is 49.5 Å². The average molecular weight is 635 g/mol. The van der Waals surface area contributed by atoms with Crippen LogP contribution in [0.3, 0.4) is 0 Å². The van der Waals surface area contributed by atoms with E-state index in [0.29, 0.717) is 12.6 Å². The van der Waals surface area contributed by atoms with Crippen LogP contribution < -0.4 is 20.9 Å². The Labute approximate surface area is 262 Å². The Morgan fingerprint density at radius 1 is 1.00 bits per heavy atom. The zero-order valence-electron chi connectivity index (χ0n) is 23.3. The molecule has 8 nitrogen and oxygen atoms in total. The second-order valence-electron chi connectivity index (χ2n) is 10.8. The van der Waals surface area contributed by atoms with Gasteiger partial charge in [-0.3, -0.25) is 9.69 Å². The number of carbonyl (C=O) groups is 1. The molecular formula is C28H46Cl3N7OS. The number of aromatic nitrogens is 2. The molecule has 40 heavy (non-hydrogen) atoms. The lowest BCUT2D eigenvalue weighted by Crippen LogP contribution is -2.52. The summed E-state index contributed by atoms with van der Waals surface area (Å²) in [6.45, 7) is 6.79. The highest BCUT2D eigenvalue weighted by Gasteiger charge is 2.32. The van der Waals surface area contributed by atoms with Crippen LogP contribution in [0.4, 0.5) is 11.8 Å². The van der Waals surface area contributed by atoms with Gasteiger partial charge < -0.3 is 20.9 Å². The molecule has 0 bridgehead atoms. The zero-order valence-corrected chi connectivity index (χ0v) is 26.5. The number of piperidine rings is 2. The van der Waals surface area contributed by atoms with Gasteiger partial charge in [0, 0.05) is 55.3 Å². The summed E-state index contributed by atoms with van der Waals surface area (Å²) in [6, 6.07) is 6.98. The van der Waals surface area contributed by atoms with Gasteiger partial charge in [0.15, 0.2) is 0 Å². The van der Waals surface area contributed by atoms with Crippen molar-refractivity contribution in [3.05, 3.63) is 34.7 Å².